The second-order valence-electron chi connectivity index (χ2n) is 3.00. The number of rotatable bonds is 3. The Balaban J connectivity index is 3.47. The molecule has 0 heterocycles. The van der Waals surface area contributed by atoms with E-state index in [2.05, 4.69) is 15.9 Å². The molecule has 0 N–H and O–H groups in total. The Morgan fingerprint density at radius 3 is 2.73 bits per heavy atom. The average Bonchev–Trinajstić information content (AvgIpc) is 2.27. The van der Waals surface area contributed by atoms with Crippen LogP contribution in [0.2, 0.25) is 0 Å². The van der Waals surface area contributed by atoms with Gasteiger partial charge in [0.2, 0.25) is 0 Å². The van der Waals surface area contributed by atoms with Crippen LogP contribution in [0, 0.1) is 18.3 Å². The van der Waals surface area contributed by atoms with Gasteiger partial charge < -0.3 is 4.74 Å². The monoisotopic (exact) mass is 267 g/mol. The summed E-state index contributed by atoms with van der Waals surface area (Å²) in [6.45, 7) is 1.80. The lowest BCUT2D eigenvalue weighted by Gasteiger charge is -2.09. The summed E-state index contributed by atoms with van der Waals surface area (Å²) in [5.41, 5.74) is 1.53. The highest BCUT2D eigenvalue weighted by molar-refractivity contribution is 9.09. The van der Waals surface area contributed by atoms with E-state index in [0.717, 1.165) is 5.56 Å². The molecule has 3 nitrogen and oxygen atoms in total. The number of alkyl halides is 1. The van der Waals surface area contributed by atoms with Crippen molar-refractivity contribution in [3.05, 3.63) is 28.8 Å². The molecule has 78 valence electrons. The second-order valence-corrected chi connectivity index (χ2v) is 3.56. The number of nitriles is 1. The number of nitrogens with zero attached hydrogens (tertiary/aromatic N) is 1. The Kier molecular flexibility index (Phi) is 3.87. The SMILES string of the molecule is COc1ccc(C)c(C(=O)CBr)c1C#N. The molecule has 15 heavy (non-hydrogen) atoms. The molecule has 0 saturated carbocycles. The highest BCUT2D eigenvalue weighted by atomic mass is 79.9. The predicted octanol–water partition coefficient (Wildman–Crippen LogP) is 2.45. The Morgan fingerprint density at radius 1 is 1.60 bits per heavy atom. The topological polar surface area (TPSA) is 50.1 Å². The van der Waals surface area contributed by atoms with Crippen LogP contribution in [-0.4, -0.2) is 18.2 Å². The van der Waals surface area contributed by atoms with Crippen LogP contribution >= 0.6 is 15.9 Å². The van der Waals surface area contributed by atoms with Crippen LogP contribution in [0.25, 0.3) is 0 Å². The van der Waals surface area contributed by atoms with Gasteiger partial charge in [0.25, 0.3) is 0 Å². The number of aryl methyl sites for hydroxylation is 1. The fourth-order valence-electron chi connectivity index (χ4n) is 1.39. The minimum atomic E-state index is -0.108. The number of hydrogen-bond donors (Lipinski definition) is 0. The maximum absolute atomic E-state index is 11.6. The fourth-order valence-corrected chi connectivity index (χ4v) is 1.68. The Bertz CT molecular complexity index is 435. The van der Waals surface area contributed by atoms with Gasteiger partial charge >= 0.3 is 0 Å². The molecule has 0 bridgehead atoms. The van der Waals surface area contributed by atoms with E-state index in [1.54, 1.807) is 19.1 Å². The zero-order chi connectivity index (χ0) is 11.4. The van der Waals surface area contributed by atoms with Crippen molar-refractivity contribution < 1.29 is 9.53 Å². The normalized spacial score (nSPS) is 9.47. The van der Waals surface area contributed by atoms with Crippen molar-refractivity contribution in [2.75, 3.05) is 12.4 Å². The van der Waals surface area contributed by atoms with Crippen LogP contribution in [0.4, 0.5) is 0 Å². The summed E-state index contributed by atoms with van der Waals surface area (Å²) in [5.74, 6) is 0.329. The summed E-state index contributed by atoms with van der Waals surface area (Å²) in [6.07, 6.45) is 0. The third-order valence-corrected chi connectivity index (χ3v) is 2.62. The minimum Gasteiger partial charge on any atom is -0.495 e. The van der Waals surface area contributed by atoms with Crippen molar-refractivity contribution in [3.63, 3.8) is 0 Å². The molecule has 0 unspecified atom stereocenters. The smallest absolute Gasteiger partial charge is 0.175 e. The number of ether oxygens (including phenoxy) is 1. The summed E-state index contributed by atoms with van der Waals surface area (Å²) in [7, 11) is 1.48. The highest BCUT2D eigenvalue weighted by Gasteiger charge is 2.17. The van der Waals surface area contributed by atoms with Crippen LogP contribution in [-0.2, 0) is 0 Å². The fraction of sp³-hybridized carbons (Fsp3) is 0.273. The van der Waals surface area contributed by atoms with Gasteiger partial charge in [-0.05, 0) is 18.6 Å². The number of Topliss-reactive ketones (excluding diaryl/α,β-unsaturated/α-hetero) is 1. The molecule has 0 saturated heterocycles. The molecule has 4 heteroatoms. The molecular formula is C11H10BrNO2. The number of carbonyl (C=O) groups is 1. The highest BCUT2D eigenvalue weighted by Crippen LogP contribution is 2.25. The molecule has 1 aromatic rings. The number of ketones is 1. The first-order valence-corrected chi connectivity index (χ1v) is 5.44. The second kappa shape index (κ2) is 4.94. The van der Waals surface area contributed by atoms with Crippen molar-refractivity contribution in [2.45, 2.75) is 6.92 Å². The van der Waals surface area contributed by atoms with Gasteiger partial charge in [0.1, 0.15) is 17.4 Å². The van der Waals surface area contributed by atoms with Crippen LogP contribution < -0.4 is 4.74 Å². The first kappa shape index (κ1) is 11.7. The van der Waals surface area contributed by atoms with Crippen LogP contribution in [0.15, 0.2) is 12.1 Å². The molecular weight excluding hydrogens is 258 g/mol. The van der Waals surface area contributed by atoms with Gasteiger partial charge in [-0.1, -0.05) is 22.0 Å². The van der Waals surface area contributed by atoms with Crippen molar-refractivity contribution in [1.29, 1.82) is 5.26 Å². The zero-order valence-electron chi connectivity index (χ0n) is 8.50. The van der Waals surface area contributed by atoms with Gasteiger partial charge in [-0.2, -0.15) is 5.26 Å². The van der Waals surface area contributed by atoms with Crippen LogP contribution in [0.5, 0.6) is 5.75 Å². The molecule has 0 radical (unpaired) electrons. The van der Waals surface area contributed by atoms with Crippen LogP contribution in [0.3, 0.4) is 0 Å². The molecule has 0 amide bonds. The lowest BCUT2D eigenvalue weighted by molar-refractivity contribution is 0.102. The number of methoxy groups -OCH3 is 1. The van der Waals surface area contributed by atoms with E-state index < -0.39 is 0 Å². The maximum Gasteiger partial charge on any atom is 0.175 e. The zero-order valence-corrected chi connectivity index (χ0v) is 10.1. The Morgan fingerprint density at radius 2 is 2.27 bits per heavy atom. The number of hydrogen-bond acceptors (Lipinski definition) is 3. The molecule has 0 atom stereocenters. The largest absolute Gasteiger partial charge is 0.495 e. The van der Waals surface area contributed by atoms with Crippen molar-refractivity contribution in [3.8, 4) is 11.8 Å². The Labute approximate surface area is 96.8 Å². The lowest BCUT2D eigenvalue weighted by Crippen LogP contribution is -2.07. The van der Waals surface area contributed by atoms with E-state index in [-0.39, 0.29) is 11.1 Å². The standard InChI is InChI=1S/C11H10BrNO2/c1-7-3-4-10(15-2)8(6-13)11(7)9(14)5-12/h3-4H,5H2,1-2H3. The van der Waals surface area contributed by atoms with Gasteiger partial charge in [-0.25, -0.2) is 0 Å². The minimum absolute atomic E-state index is 0.108. The predicted molar refractivity (Wildman–Crippen MR) is 60.6 cm³/mol. The summed E-state index contributed by atoms with van der Waals surface area (Å²) < 4.78 is 5.04. The van der Waals surface area contributed by atoms with Crippen molar-refractivity contribution in [1.82, 2.24) is 0 Å². The van der Waals surface area contributed by atoms with Crippen molar-refractivity contribution in [2.24, 2.45) is 0 Å². The first-order chi connectivity index (χ1) is 7.15. The molecule has 1 rings (SSSR count). The summed E-state index contributed by atoms with van der Waals surface area (Å²) in [6, 6.07) is 5.47. The van der Waals surface area contributed by atoms with E-state index in [9.17, 15) is 4.79 Å². The lowest BCUT2D eigenvalue weighted by atomic mass is 9.99. The average molecular weight is 268 g/mol. The number of carbonyl (C=O) groups excluding carboxylic acids is 1. The van der Waals surface area contributed by atoms with E-state index in [1.165, 1.54) is 7.11 Å². The van der Waals surface area contributed by atoms with E-state index in [1.807, 2.05) is 6.07 Å². The Hall–Kier alpha value is -1.34. The van der Waals surface area contributed by atoms with E-state index >= 15 is 0 Å². The number of halogens is 1. The van der Waals surface area contributed by atoms with Crippen LogP contribution in [0.1, 0.15) is 21.5 Å². The molecule has 1 aromatic carbocycles. The molecule has 0 aliphatic carbocycles. The van der Waals surface area contributed by atoms with Gasteiger partial charge in [-0.15, -0.1) is 0 Å². The third kappa shape index (κ3) is 2.18. The van der Waals surface area contributed by atoms with Crippen molar-refractivity contribution >= 4 is 21.7 Å². The quantitative estimate of drug-likeness (QED) is 0.625. The van der Waals surface area contributed by atoms with Gasteiger partial charge in [0, 0.05) is 5.56 Å². The molecule has 0 aromatic heterocycles. The van der Waals surface area contributed by atoms with Gasteiger partial charge in [0.05, 0.1) is 12.4 Å². The van der Waals surface area contributed by atoms with E-state index in [4.69, 9.17) is 10.00 Å². The number of benzene rings is 1. The maximum atomic E-state index is 11.6. The summed E-state index contributed by atoms with van der Waals surface area (Å²) in [5, 5.41) is 9.21. The van der Waals surface area contributed by atoms with E-state index in [0.29, 0.717) is 16.9 Å². The molecule has 0 fully saturated rings. The first-order valence-electron chi connectivity index (χ1n) is 4.32. The summed E-state index contributed by atoms with van der Waals surface area (Å²) in [4.78, 5) is 11.6. The molecule has 0 aliphatic heterocycles. The molecule has 0 spiro atoms. The van der Waals surface area contributed by atoms with Gasteiger partial charge in [-0.3, -0.25) is 4.79 Å². The third-order valence-electron chi connectivity index (χ3n) is 2.11. The molecule has 0 aliphatic rings. The van der Waals surface area contributed by atoms with Gasteiger partial charge in [0.15, 0.2) is 5.78 Å². The summed E-state index contributed by atoms with van der Waals surface area (Å²) >= 11 is 3.10.